The molecule has 0 bridgehead atoms. The van der Waals surface area contributed by atoms with Crippen molar-refractivity contribution in [2.24, 2.45) is 0 Å². The van der Waals surface area contributed by atoms with E-state index >= 15 is 0 Å². The number of nitrogens with zero attached hydrogens (tertiary/aromatic N) is 1. The monoisotopic (exact) mass is 234 g/mol. The maximum absolute atomic E-state index is 10.4. The van der Waals surface area contributed by atoms with Crippen LogP contribution in [0.1, 0.15) is 32.3 Å². The van der Waals surface area contributed by atoms with E-state index in [2.05, 4.69) is 30.9 Å². The third-order valence-electron chi connectivity index (χ3n) is 2.90. The number of aliphatic carboxylic acids is 1. The maximum Gasteiger partial charge on any atom is 0.0415 e. The molecule has 0 spiro atoms. The summed E-state index contributed by atoms with van der Waals surface area (Å²) < 4.78 is 0. The van der Waals surface area contributed by atoms with E-state index in [1.807, 2.05) is 12.1 Å². The van der Waals surface area contributed by atoms with Crippen molar-refractivity contribution >= 4 is 11.7 Å². The van der Waals surface area contributed by atoms with Crippen molar-refractivity contribution in [3.63, 3.8) is 0 Å². The van der Waals surface area contributed by atoms with Crippen LogP contribution in [-0.2, 0) is 11.2 Å². The van der Waals surface area contributed by atoms with Crippen LogP contribution in [0, 0.1) is 0 Å². The van der Waals surface area contributed by atoms with E-state index in [0.717, 1.165) is 19.5 Å². The maximum atomic E-state index is 10.4. The van der Waals surface area contributed by atoms with Crippen molar-refractivity contribution in [3.05, 3.63) is 29.8 Å². The zero-order valence-corrected chi connectivity index (χ0v) is 10.6. The molecule has 1 aromatic rings. The van der Waals surface area contributed by atoms with Crippen molar-refractivity contribution in [2.75, 3.05) is 18.0 Å². The van der Waals surface area contributed by atoms with Gasteiger partial charge in [0.05, 0.1) is 0 Å². The lowest BCUT2D eigenvalue weighted by atomic mass is 10.1. The van der Waals surface area contributed by atoms with Gasteiger partial charge in [0.15, 0.2) is 0 Å². The van der Waals surface area contributed by atoms with Crippen LogP contribution in [-0.4, -0.2) is 19.1 Å². The lowest BCUT2D eigenvalue weighted by molar-refractivity contribution is -0.305. The number of para-hydroxylation sites is 1. The second-order valence-electron chi connectivity index (χ2n) is 4.04. The van der Waals surface area contributed by atoms with Crippen LogP contribution in [0.15, 0.2) is 24.3 Å². The van der Waals surface area contributed by atoms with Crippen LogP contribution in [0.25, 0.3) is 0 Å². The van der Waals surface area contributed by atoms with Gasteiger partial charge >= 0.3 is 0 Å². The first kappa shape index (κ1) is 13.6. The number of carbonyl (C=O) groups is 1. The molecule has 0 amide bonds. The van der Waals surface area contributed by atoms with Crippen molar-refractivity contribution in [2.45, 2.75) is 33.1 Å². The van der Waals surface area contributed by atoms with Gasteiger partial charge in [0, 0.05) is 24.7 Å². The number of carbonyl (C=O) groups excluding carboxylic acids is 1. The van der Waals surface area contributed by atoms with Crippen LogP contribution in [0.3, 0.4) is 0 Å². The highest BCUT2D eigenvalue weighted by Gasteiger charge is 2.07. The fourth-order valence-corrected chi connectivity index (χ4v) is 1.98. The molecule has 0 saturated heterocycles. The standard InChI is InChI=1S/C14H21NO2/c1-3-12-8-5-6-9-13(12)15(4-2)11-7-10-14(16)17/h5-6,8-9H,3-4,7,10-11H2,1-2H3,(H,16,17)/p-1. The number of hydrogen-bond acceptors (Lipinski definition) is 3. The second kappa shape index (κ2) is 6.94. The molecule has 0 aliphatic carbocycles. The molecule has 3 nitrogen and oxygen atoms in total. The predicted molar refractivity (Wildman–Crippen MR) is 67.9 cm³/mol. The van der Waals surface area contributed by atoms with Gasteiger partial charge in [-0.05, 0) is 37.8 Å². The molecule has 1 aromatic carbocycles. The minimum Gasteiger partial charge on any atom is -0.550 e. The van der Waals surface area contributed by atoms with Gasteiger partial charge in [-0.1, -0.05) is 25.1 Å². The summed E-state index contributed by atoms with van der Waals surface area (Å²) in [7, 11) is 0. The molecule has 0 saturated carbocycles. The molecule has 17 heavy (non-hydrogen) atoms. The number of hydrogen-bond donors (Lipinski definition) is 0. The van der Waals surface area contributed by atoms with Crippen LogP contribution in [0.5, 0.6) is 0 Å². The average Bonchev–Trinajstić information content (AvgIpc) is 2.34. The van der Waals surface area contributed by atoms with Crippen LogP contribution in [0.4, 0.5) is 5.69 Å². The summed E-state index contributed by atoms with van der Waals surface area (Å²) in [5, 5.41) is 10.4. The van der Waals surface area contributed by atoms with Crippen molar-refractivity contribution in [3.8, 4) is 0 Å². The second-order valence-corrected chi connectivity index (χ2v) is 4.04. The Bertz CT molecular complexity index is 363. The van der Waals surface area contributed by atoms with E-state index < -0.39 is 5.97 Å². The fourth-order valence-electron chi connectivity index (χ4n) is 1.98. The summed E-state index contributed by atoms with van der Waals surface area (Å²) in [6.07, 6.45) is 1.76. The molecule has 94 valence electrons. The molecule has 0 N–H and O–H groups in total. The summed E-state index contributed by atoms with van der Waals surface area (Å²) in [6.45, 7) is 5.88. The Morgan fingerprint density at radius 2 is 2.00 bits per heavy atom. The van der Waals surface area contributed by atoms with Crippen LogP contribution in [0.2, 0.25) is 0 Å². The first-order valence-electron chi connectivity index (χ1n) is 6.21. The highest BCUT2D eigenvalue weighted by atomic mass is 16.4. The highest BCUT2D eigenvalue weighted by Crippen LogP contribution is 2.21. The summed E-state index contributed by atoms with van der Waals surface area (Å²) >= 11 is 0. The van der Waals surface area contributed by atoms with Gasteiger partial charge in [0.1, 0.15) is 0 Å². The summed E-state index contributed by atoms with van der Waals surface area (Å²) in [5.74, 6) is -0.968. The fraction of sp³-hybridized carbons (Fsp3) is 0.500. The summed E-state index contributed by atoms with van der Waals surface area (Å²) in [4.78, 5) is 12.6. The minimum absolute atomic E-state index is 0.130. The molecule has 0 atom stereocenters. The quantitative estimate of drug-likeness (QED) is 0.720. The molecular weight excluding hydrogens is 214 g/mol. The Hall–Kier alpha value is -1.51. The number of carboxylic acids is 1. The van der Waals surface area contributed by atoms with E-state index in [1.165, 1.54) is 11.3 Å². The van der Waals surface area contributed by atoms with Gasteiger partial charge in [0.2, 0.25) is 0 Å². The number of benzene rings is 1. The Balaban J connectivity index is 2.68. The topological polar surface area (TPSA) is 43.4 Å². The largest absolute Gasteiger partial charge is 0.550 e. The number of rotatable bonds is 7. The summed E-state index contributed by atoms with van der Waals surface area (Å²) in [6, 6.07) is 8.28. The predicted octanol–water partition coefficient (Wildman–Crippen LogP) is 1.61. The van der Waals surface area contributed by atoms with Gasteiger partial charge in [-0.3, -0.25) is 0 Å². The first-order chi connectivity index (χ1) is 8.19. The molecule has 0 unspecified atom stereocenters. The van der Waals surface area contributed by atoms with E-state index in [9.17, 15) is 9.90 Å². The van der Waals surface area contributed by atoms with Gasteiger partial charge in [0.25, 0.3) is 0 Å². The normalized spacial score (nSPS) is 10.2. The van der Waals surface area contributed by atoms with Crippen molar-refractivity contribution < 1.29 is 9.90 Å². The Morgan fingerprint density at radius 1 is 1.29 bits per heavy atom. The lowest BCUT2D eigenvalue weighted by Gasteiger charge is -2.25. The molecule has 0 radical (unpaired) electrons. The third-order valence-corrected chi connectivity index (χ3v) is 2.90. The SMILES string of the molecule is CCc1ccccc1N(CC)CCCC(=O)[O-]. The van der Waals surface area contributed by atoms with Gasteiger partial charge in [-0.25, -0.2) is 0 Å². The van der Waals surface area contributed by atoms with Gasteiger partial charge in [-0.15, -0.1) is 0 Å². The van der Waals surface area contributed by atoms with E-state index in [1.54, 1.807) is 0 Å². The van der Waals surface area contributed by atoms with Gasteiger partial charge < -0.3 is 14.8 Å². The number of carboxylic acid groups (broad SMARTS) is 1. The van der Waals surface area contributed by atoms with E-state index in [4.69, 9.17) is 0 Å². The van der Waals surface area contributed by atoms with Crippen LogP contribution < -0.4 is 10.0 Å². The third kappa shape index (κ3) is 4.10. The molecule has 0 fully saturated rings. The Kier molecular flexibility index (Phi) is 5.53. The minimum atomic E-state index is -0.968. The Labute approximate surface area is 103 Å². The van der Waals surface area contributed by atoms with Crippen LogP contribution >= 0.6 is 0 Å². The molecular formula is C14H20NO2-. The Morgan fingerprint density at radius 3 is 2.59 bits per heavy atom. The molecule has 0 heterocycles. The average molecular weight is 234 g/mol. The molecule has 0 aromatic heterocycles. The molecule has 1 rings (SSSR count). The zero-order valence-electron chi connectivity index (χ0n) is 10.6. The molecule has 0 aliphatic rings. The summed E-state index contributed by atoms with van der Waals surface area (Å²) in [5.41, 5.74) is 2.53. The van der Waals surface area contributed by atoms with Gasteiger partial charge in [-0.2, -0.15) is 0 Å². The smallest absolute Gasteiger partial charge is 0.0415 e. The zero-order chi connectivity index (χ0) is 12.7. The number of anilines is 1. The van der Waals surface area contributed by atoms with Crippen molar-refractivity contribution in [1.82, 2.24) is 0 Å². The van der Waals surface area contributed by atoms with Crippen molar-refractivity contribution in [1.29, 1.82) is 0 Å². The van der Waals surface area contributed by atoms with E-state index in [-0.39, 0.29) is 6.42 Å². The van der Waals surface area contributed by atoms with E-state index in [0.29, 0.717) is 6.42 Å². The highest BCUT2D eigenvalue weighted by molar-refractivity contribution is 5.64. The first-order valence-corrected chi connectivity index (χ1v) is 6.21. The lowest BCUT2D eigenvalue weighted by Crippen LogP contribution is -2.28. The number of aryl methyl sites for hydroxylation is 1. The molecule has 3 heteroatoms. The molecule has 0 aliphatic heterocycles.